The molecule has 1 unspecified atom stereocenters. The summed E-state index contributed by atoms with van der Waals surface area (Å²) in [5, 5.41) is 17.5. The summed E-state index contributed by atoms with van der Waals surface area (Å²) in [7, 11) is 0. The molecular weight excluding hydrogens is 198 g/mol. The van der Waals surface area contributed by atoms with Gasteiger partial charge in [0.1, 0.15) is 5.92 Å². The Bertz CT molecular complexity index is 290. The van der Waals surface area contributed by atoms with Crippen LogP contribution >= 0.6 is 0 Å². The minimum absolute atomic E-state index is 0.181. The number of hydrogen-bond donors (Lipinski definition) is 1. The highest BCUT2D eigenvalue weighted by Crippen LogP contribution is 2.31. The van der Waals surface area contributed by atoms with Crippen molar-refractivity contribution in [2.24, 2.45) is 11.3 Å². The maximum atomic E-state index is 11.4. The lowest BCUT2D eigenvalue weighted by Gasteiger charge is -2.25. The predicted molar refractivity (Wildman–Crippen MR) is 51.8 cm³/mol. The highest BCUT2D eigenvalue weighted by molar-refractivity contribution is 5.77. The van der Waals surface area contributed by atoms with Gasteiger partial charge in [0.25, 0.3) is 0 Å². The first-order valence-electron chi connectivity index (χ1n) is 4.63. The van der Waals surface area contributed by atoms with Crippen LogP contribution in [0.25, 0.3) is 0 Å². The molecule has 0 aromatic rings. The Morgan fingerprint density at radius 3 is 2.40 bits per heavy atom. The van der Waals surface area contributed by atoms with E-state index in [2.05, 4.69) is 0 Å². The smallest absolute Gasteiger partial charge is 0.323 e. The van der Waals surface area contributed by atoms with Crippen molar-refractivity contribution in [3.63, 3.8) is 0 Å². The summed E-state index contributed by atoms with van der Waals surface area (Å²) in [6.45, 7) is 4.94. The highest BCUT2D eigenvalue weighted by atomic mass is 16.5. The van der Waals surface area contributed by atoms with Gasteiger partial charge in [-0.3, -0.25) is 9.59 Å². The lowest BCUT2D eigenvalue weighted by Crippen LogP contribution is -2.33. The summed E-state index contributed by atoms with van der Waals surface area (Å²) in [5.41, 5.74) is -0.924. The van der Waals surface area contributed by atoms with Gasteiger partial charge in [-0.05, 0) is 6.92 Å². The molecule has 0 spiro atoms. The van der Waals surface area contributed by atoms with Crippen LogP contribution in [0.15, 0.2) is 0 Å². The fraction of sp³-hybridized carbons (Fsp3) is 0.700. The van der Waals surface area contributed by atoms with E-state index in [9.17, 15) is 9.59 Å². The molecule has 0 saturated heterocycles. The van der Waals surface area contributed by atoms with E-state index in [-0.39, 0.29) is 13.0 Å². The number of rotatable bonds is 5. The van der Waals surface area contributed by atoms with Crippen LogP contribution in [0.2, 0.25) is 0 Å². The number of carbonyl (C=O) groups is 2. The van der Waals surface area contributed by atoms with Crippen molar-refractivity contribution >= 4 is 11.9 Å². The Morgan fingerprint density at radius 1 is 1.53 bits per heavy atom. The summed E-state index contributed by atoms with van der Waals surface area (Å²) in [6, 6.07) is 1.79. The maximum absolute atomic E-state index is 11.4. The van der Waals surface area contributed by atoms with E-state index in [0.717, 1.165) is 0 Å². The highest BCUT2D eigenvalue weighted by Gasteiger charge is 2.38. The molecule has 15 heavy (non-hydrogen) atoms. The Labute approximate surface area is 88.6 Å². The molecular formula is C10H15NO4. The normalized spacial score (nSPS) is 12.7. The van der Waals surface area contributed by atoms with Gasteiger partial charge in [-0.15, -0.1) is 0 Å². The molecule has 0 bridgehead atoms. The van der Waals surface area contributed by atoms with E-state index in [0.29, 0.717) is 0 Å². The fourth-order valence-electron chi connectivity index (χ4n) is 1.26. The Balaban J connectivity index is 4.73. The van der Waals surface area contributed by atoms with Crippen molar-refractivity contribution in [1.29, 1.82) is 5.26 Å². The average Bonchev–Trinajstić information content (AvgIpc) is 2.01. The number of carboxylic acids is 1. The third kappa shape index (κ3) is 3.98. The second-order valence-electron chi connectivity index (χ2n) is 3.87. The summed E-state index contributed by atoms with van der Waals surface area (Å²) in [6.07, 6.45) is -0.246. The monoisotopic (exact) mass is 213 g/mol. The third-order valence-electron chi connectivity index (χ3n) is 2.04. The van der Waals surface area contributed by atoms with E-state index in [4.69, 9.17) is 15.1 Å². The molecule has 0 aromatic heterocycles. The minimum atomic E-state index is -1.05. The zero-order chi connectivity index (χ0) is 12.1. The average molecular weight is 213 g/mol. The van der Waals surface area contributed by atoms with Gasteiger partial charge in [0.2, 0.25) is 0 Å². The molecule has 0 aliphatic rings. The van der Waals surface area contributed by atoms with Crippen molar-refractivity contribution in [3.05, 3.63) is 0 Å². The van der Waals surface area contributed by atoms with E-state index in [1.54, 1.807) is 26.8 Å². The van der Waals surface area contributed by atoms with Crippen molar-refractivity contribution in [1.82, 2.24) is 0 Å². The molecule has 0 aromatic carbocycles. The Hall–Kier alpha value is -1.57. The van der Waals surface area contributed by atoms with Crippen LogP contribution < -0.4 is 0 Å². The lowest BCUT2D eigenvalue weighted by molar-refractivity contribution is -0.151. The zero-order valence-corrected chi connectivity index (χ0v) is 9.11. The first kappa shape index (κ1) is 13.4. The van der Waals surface area contributed by atoms with Crippen LogP contribution in [0.3, 0.4) is 0 Å². The molecule has 1 N–H and O–H groups in total. The predicted octanol–water partition coefficient (Wildman–Crippen LogP) is 1.19. The number of nitrogens with zero attached hydrogens (tertiary/aromatic N) is 1. The number of carbonyl (C=O) groups excluding carboxylic acids is 1. The van der Waals surface area contributed by atoms with Crippen LogP contribution in [0.1, 0.15) is 27.2 Å². The van der Waals surface area contributed by atoms with Crippen LogP contribution in [0.4, 0.5) is 0 Å². The molecule has 0 radical (unpaired) electrons. The lowest BCUT2D eigenvalue weighted by atomic mass is 9.77. The van der Waals surface area contributed by atoms with Crippen LogP contribution in [0.5, 0.6) is 0 Å². The third-order valence-corrected chi connectivity index (χ3v) is 2.04. The first-order valence-corrected chi connectivity index (χ1v) is 4.63. The van der Waals surface area contributed by atoms with Crippen LogP contribution in [-0.4, -0.2) is 23.7 Å². The largest absolute Gasteiger partial charge is 0.481 e. The number of nitriles is 1. The van der Waals surface area contributed by atoms with Gasteiger partial charge >= 0.3 is 11.9 Å². The van der Waals surface area contributed by atoms with Crippen molar-refractivity contribution < 1.29 is 19.4 Å². The van der Waals surface area contributed by atoms with Gasteiger partial charge in [0.15, 0.2) is 0 Å². The molecule has 0 fully saturated rings. The quantitative estimate of drug-likeness (QED) is 0.693. The van der Waals surface area contributed by atoms with E-state index >= 15 is 0 Å². The van der Waals surface area contributed by atoms with Gasteiger partial charge in [0, 0.05) is 5.41 Å². The van der Waals surface area contributed by atoms with Gasteiger partial charge in [-0.1, -0.05) is 13.8 Å². The van der Waals surface area contributed by atoms with Crippen molar-refractivity contribution in [2.45, 2.75) is 27.2 Å². The topological polar surface area (TPSA) is 87.4 Å². The number of hydrogen-bond acceptors (Lipinski definition) is 4. The minimum Gasteiger partial charge on any atom is -0.481 e. The molecule has 0 aliphatic heterocycles. The summed E-state index contributed by atoms with van der Waals surface area (Å²) in [5.74, 6) is -2.75. The molecule has 1 atom stereocenters. The van der Waals surface area contributed by atoms with E-state index in [1.807, 2.05) is 0 Å². The standard InChI is InChI=1S/C10H15NO4/c1-4-15-9(14)7(6-11)10(2,3)5-8(12)13/h7H,4-5H2,1-3H3,(H,12,13). The number of ether oxygens (including phenoxy) is 1. The number of carboxylic acid groups (broad SMARTS) is 1. The van der Waals surface area contributed by atoms with E-state index in [1.165, 1.54) is 0 Å². The second-order valence-corrected chi connectivity index (χ2v) is 3.87. The van der Waals surface area contributed by atoms with Crippen LogP contribution in [0, 0.1) is 22.7 Å². The molecule has 0 saturated carbocycles. The summed E-state index contributed by atoms with van der Waals surface area (Å²) >= 11 is 0. The molecule has 5 nitrogen and oxygen atoms in total. The second kappa shape index (κ2) is 5.35. The summed E-state index contributed by atoms with van der Waals surface area (Å²) in [4.78, 5) is 21.9. The molecule has 0 aliphatic carbocycles. The van der Waals surface area contributed by atoms with Crippen molar-refractivity contribution in [2.75, 3.05) is 6.61 Å². The molecule has 5 heteroatoms. The number of esters is 1. The fourth-order valence-corrected chi connectivity index (χ4v) is 1.26. The van der Waals surface area contributed by atoms with Gasteiger partial charge in [-0.2, -0.15) is 5.26 Å². The van der Waals surface area contributed by atoms with Crippen LogP contribution in [-0.2, 0) is 14.3 Å². The van der Waals surface area contributed by atoms with Gasteiger partial charge in [0.05, 0.1) is 19.1 Å². The molecule has 84 valence electrons. The number of aliphatic carboxylic acids is 1. The SMILES string of the molecule is CCOC(=O)C(C#N)C(C)(C)CC(=O)O. The Morgan fingerprint density at radius 2 is 2.07 bits per heavy atom. The summed E-state index contributed by atoms with van der Waals surface area (Å²) < 4.78 is 4.71. The maximum Gasteiger partial charge on any atom is 0.323 e. The Kier molecular flexibility index (Phi) is 4.79. The molecule has 0 amide bonds. The van der Waals surface area contributed by atoms with Crippen molar-refractivity contribution in [3.8, 4) is 6.07 Å². The molecule has 0 heterocycles. The van der Waals surface area contributed by atoms with Gasteiger partial charge in [-0.25, -0.2) is 0 Å². The molecule has 0 rings (SSSR count). The zero-order valence-electron chi connectivity index (χ0n) is 9.11. The van der Waals surface area contributed by atoms with E-state index < -0.39 is 23.3 Å². The first-order chi connectivity index (χ1) is 6.85. The van der Waals surface area contributed by atoms with Gasteiger partial charge < -0.3 is 9.84 Å².